The third-order valence-corrected chi connectivity index (χ3v) is 5.53. The molecule has 0 aliphatic carbocycles. The van der Waals surface area contributed by atoms with Crippen molar-refractivity contribution in [2.45, 2.75) is 25.5 Å². The van der Waals surface area contributed by atoms with Crippen molar-refractivity contribution in [1.82, 2.24) is 14.7 Å². The van der Waals surface area contributed by atoms with Crippen LogP contribution in [0.1, 0.15) is 18.4 Å². The van der Waals surface area contributed by atoms with Crippen LogP contribution in [-0.2, 0) is 11.3 Å². The maximum absolute atomic E-state index is 13.3. The first-order valence-corrected chi connectivity index (χ1v) is 9.86. The van der Waals surface area contributed by atoms with Gasteiger partial charge in [0.25, 0.3) is 0 Å². The Morgan fingerprint density at radius 1 is 1.18 bits per heavy atom. The molecule has 1 atom stereocenters. The fourth-order valence-electron chi connectivity index (χ4n) is 3.72. The van der Waals surface area contributed by atoms with Gasteiger partial charge in [0, 0.05) is 37.5 Å². The summed E-state index contributed by atoms with van der Waals surface area (Å²) >= 11 is 6.46. The van der Waals surface area contributed by atoms with E-state index in [1.165, 1.54) is 12.1 Å². The average molecular weight is 400 g/mol. The molecule has 28 heavy (non-hydrogen) atoms. The second kappa shape index (κ2) is 8.43. The van der Waals surface area contributed by atoms with E-state index in [1.54, 1.807) is 23.9 Å². The van der Waals surface area contributed by atoms with Crippen molar-refractivity contribution < 1.29 is 9.13 Å². The molecular formula is C22H23ClFN3O. The third-order valence-electron chi connectivity index (χ3n) is 5.20. The van der Waals surface area contributed by atoms with Crippen LogP contribution >= 0.6 is 11.6 Å². The number of nitrogens with zero attached hydrogens (tertiary/aromatic N) is 3. The lowest BCUT2D eigenvalue weighted by atomic mass is 10.0. The summed E-state index contributed by atoms with van der Waals surface area (Å²) in [6.45, 7) is 2.70. The van der Waals surface area contributed by atoms with Gasteiger partial charge in [0.05, 0.1) is 22.5 Å². The van der Waals surface area contributed by atoms with E-state index in [0.29, 0.717) is 5.02 Å². The van der Waals surface area contributed by atoms with Crippen molar-refractivity contribution >= 4 is 11.6 Å². The minimum atomic E-state index is -0.263. The summed E-state index contributed by atoms with van der Waals surface area (Å²) in [6.07, 6.45) is 4.50. The van der Waals surface area contributed by atoms with E-state index >= 15 is 0 Å². The summed E-state index contributed by atoms with van der Waals surface area (Å²) in [6, 6.07) is 14.1. The van der Waals surface area contributed by atoms with E-state index in [9.17, 15) is 4.39 Å². The van der Waals surface area contributed by atoms with E-state index in [2.05, 4.69) is 4.90 Å². The van der Waals surface area contributed by atoms with Crippen molar-refractivity contribution in [3.8, 4) is 16.9 Å². The molecule has 0 radical (unpaired) electrons. The SMILES string of the molecule is COC1CCCN(Cc2cn(-c3ccc(F)cc3)nc2-c2ccccc2Cl)C1. The highest BCUT2D eigenvalue weighted by atomic mass is 35.5. The zero-order chi connectivity index (χ0) is 19.5. The van der Waals surface area contributed by atoms with E-state index < -0.39 is 0 Å². The van der Waals surface area contributed by atoms with E-state index in [0.717, 1.165) is 55.0 Å². The molecule has 0 spiro atoms. The number of aromatic nitrogens is 2. The zero-order valence-corrected chi connectivity index (χ0v) is 16.6. The second-order valence-corrected chi connectivity index (χ2v) is 7.55. The predicted octanol–water partition coefficient (Wildman–Crippen LogP) is 4.94. The van der Waals surface area contributed by atoms with Gasteiger partial charge in [-0.05, 0) is 49.7 Å². The molecule has 2 aromatic carbocycles. The van der Waals surface area contributed by atoms with Crippen LogP contribution in [0.25, 0.3) is 16.9 Å². The standard InChI is InChI=1S/C22H23ClFN3O/c1-28-19-5-4-12-26(15-19)13-16-14-27(18-10-8-17(24)9-11-18)25-22(16)20-6-2-3-7-21(20)23/h2-3,6-11,14,19H,4-5,12-13,15H2,1H3. The molecule has 0 bridgehead atoms. The first-order valence-electron chi connectivity index (χ1n) is 9.48. The molecule has 1 aliphatic heterocycles. The third kappa shape index (κ3) is 4.12. The van der Waals surface area contributed by atoms with Crippen LogP contribution in [-0.4, -0.2) is 41.0 Å². The number of hydrogen-bond donors (Lipinski definition) is 0. The van der Waals surface area contributed by atoms with Gasteiger partial charge < -0.3 is 4.74 Å². The summed E-state index contributed by atoms with van der Waals surface area (Å²) in [5.41, 5.74) is 3.67. The molecule has 0 saturated carbocycles. The molecule has 6 heteroatoms. The maximum atomic E-state index is 13.3. The molecule has 0 N–H and O–H groups in total. The Kier molecular flexibility index (Phi) is 5.76. The molecule has 1 fully saturated rings. The molecule has 1 saturated heterocycles. The highest BCUT2D eigenvalue weighted by Gasteiger charge is 2.22. The summed E-state index contributed by atoms with van der Waals surface area (Å²) in [7, 11) is 1.77. The van der Waals surface area contributed by atoms with Gasteiger partial charge in [-0.1, -0.05) is 29.8 Å². The smallest absolute Gasteiger partial charge is 0.123 e. The van der Waals surface area contributed by atoms with Crippen LogP contribution in [0.15, 0.2) is 54.7 Å². The molecule has 0 amide bonds. The molecule has 146 valence electrons. The quantitative estimate of drug-likeness (QED) is 0.608. The van der Waals surface area contributed by atoms with Gasteiger partial charge in [0.2, 0.25) is 0 Å². The fraction of sp³-hybridized carbons (Fsp3) is 0.318. The van der Waals surface area contributed by atoms with Crippen molar-refractivity contribution in [3.63, 3.8) is 0 Å². The van der Waals surface area contributed by atoms with Crippen LogP contribution in [0.2, 0.25) is 5.02 Å². The van der Waals surface area contributed by atoms with Gasteiger partial charge in [-0.25, -0.2) is 9.07 Å². The number of methoxy groups -OCH3 is 1. The maximum Gasteiger partial charge on any atom is 0.123 e. The van der Waals surface area contributed by atoms with E-state index in [4.69, 9.17) is 21.4 Å². The number of hydrogen-bond acceptors (Lipinski definition) is 3. The minimum Gasteiger partial charge on any atom is -0.380 e. The van der Waals surface area contributed by atoms with Gasteiger partial charge in [-0.3, -0.25) is 4.90 Å². The fourth-order valence-corrected chi connectivity index (χ4v) is 3.95. The lowest BCUT2D eigenvalue weighted by Gasteiger charge is -2.31. The molecule has 4 rings (SSSR count). The van der Waals surface area contributed by atoms with Crippen LogP contribution in [0.4, 0.5) is 4.39 Å². The Morgan fingerprint density at radius 2 is 1.96 bits per heavy atom. The Labute approximate surface area is 169 Å². The number of benzene rings is 2. The molecule has 1 unspecified atom stereocenters. The number of piperidine rings is 1. The van der Waals surface area contributed by atoms with Gasteiger partial charge in [-0.2, -0.15) is 5.10 Å². The van der Waals surface area contributed by atoms with Crippen LogP contribution in [0, 0.1) is 5.82 Å². The summed E-state index contributed by atoms with van der Waals surface area (Å²) < 4.78 is 20.7. The number of likely N-dealkylation sites (tertiary alicyclic amines) is 1. The molecule has 1 aliphatic rings. The first kappa shape index (κ1) is 19.1. The molecule has 4 nitrogen and oxygen atoms in total. The lowest BCUT2D eigenvalue weighted by molar-refractivity contribution is 0.0286. The Balaban J connectivity index is 1.70. The van der Waals surface area contributed by atoms with Crippen molar-refractivity contribution in [2.24, 2.45) is 0 Å². The zero-order valence-electron chi connectivity index (χ0n) is 15.8. The van der Waals surface area contributed by atoms with Crippen molar-refractivity contribution in [3.05, 3.63) is 71.1 Å². The van der Waals surface area contributed by atoms with E-state index in [-0.39, 0.29) is 11.9 Å². The topological polar surface area (TPSA) is 30.3 Å². The monoisotopic (exact) mass is 399 g/mol. The number of halogens is 2. The van der Waals surface area contributed by atoms with Crippen molar-refractivity contribution in [2.75, 3.05) is 20.2 Å². The average Bonchev–Trinajstić information content (AvgIpc) is 3.12. The Morgan fingerprint density at radius 3 is 2.71 bits per heavy atom. The largest absolute Gasteiger partial charge is 0.380 e. The van der Waals surface area contributed by atoms with Crippen LogP contribution < -0.4 is 0 Å². The van der Waals surface area contributed by atoms with Crippen LogP contribution in [0.3, 0.4) is 0 Å². The Hall–Kier alpha value is -2.21. The summed E-state index contributed by atoms with van der Waals surface area (Å²) in [5, 5.41) is 5.47. The highest BCUT2D eigenvalue weighted by molar-refractivity contribution is 6.33. The molecule has 2 heterocycles. The molecule has 3 aromatic rings. The first-order chi connectivity index (χ1) is 13.6. The van der Waals surface area contributed by atoms with E-state index in [1.807, 2.05) is 30.5 Å². The minimum absolute atomic E-state index is 0.263. The number of rotatable bonds is 5. The van der Waals surface area contributed by atoms with Crippen LogP contribution in [0.5, 0.6) is 0 Å². The highest BCUT2D eigenvalue weighted by Crippen LogP contribution is 2.31. The van der Waals surface area contributed by atoms with Gasteiger partial charge in [0.1, 0.15) is 5.82 Å². The normalized spacial score (nSPS) is 17.8. The predicted molar refractivity (Wildman–Crippen MR) is 109 cm³/mol. The molecular weight excluding hydrogens is 377 g/mol. The second-order valence-electron chi connectivity index (χ2n) is 7.14. The molecule has 1 aromatic heterocycles. The van der Waals surface area contributed by atoms with Crippen molar-refractivity contribution in [1.29, 1.82) is 0 Å². The van der Waals surface area contributed by atoms with Gasteiger partial charge in [-0.15, -0.1) is 0 Å². The van der Waals surface area contributed by atoms with Gasteiger partial charge >= 0.3 is 0 Å². The lowest BCUT2D eigenvalue weighted by Crippen LogP contribution is -2.38. The summed E-state index contributed by atoms with van der Waals surface area (Å²) in [5.74, 6) is -0.263. The summed E-state index contributed by atoms with van der Waals surface area (Å²) in [4.78, 5) is 2.39. The Bertz CT molecular complexity index is 941. The van der Waals surface area contributed by atoms with Gasteiger partial charge in [0.15, 0.2) is 0 Å². The number of ether oxygens (including phenoxy) is 1.